The molecule has 0 saturated carbocycles. The molecule has 0 bridgehead atoms. The first-order chi connectivity index (χ1) is 7.53. The van der Waals surface area contributed by atoms with Gasteiger partial charge in [0.1, 0.15) is 23.3 Å². The maximum atomic E-state index is 11.1. The number of ether oxygens (including phenoxy) is 2. The van der Waals surface area contributed by atoms with Crippen LogP contribution in [0.25, 0.3) is 0 Å². The van der Waals surface area contributed by atoms with Crippen LogP contribution in [0.4, 0.5) is 0 Å². The number of halogens is 1. The van der Waals surface area contributed by atoms with Crippen molar-refractivity contribution in [1.29, 1.82) is 0 Å². The summed E-state index contributed by atoms with van der Waals surface area (Å²) < 4.78 is 10.7. The lowest BCUT2D eigenvalue weighted by atomic mass is 10.1. The molecule has 88 valence electrons. The Morgan fingerprint density at radius 2 is 1.94 bits per heavy atom. The Labute approximate surface area is 104 Å². The van der Waals surface area contributed by atoms with E-state index in [1.165, 1.54) is 0 Å². The van der Waals surface area contributed by atoms with Crippen LogP contribution in [0.15, 0.2) is 30.3 Å². The first-order valence-electron chi connectivity index (χ1n) is 4.99. The fourth-order valence-electron chi connectivity index (χ4n) is 1.14. The van der Waals surface area contributed by atoms with Gasteiger partial charge in [0.05, 0.1) is 0 Å². The lowest BCUT2D eigenvalue weighted by Gasteiger charge is -2.24. The van der Waals surface area contributed by atoms with Crippen molar-refractivity contribution in [2.24, 2.45) is 0 Å². The van der Waals surface area contributed by atoms with E-state index in [0.717, 1.165) is 5.75 Å². The second kappa shape index (κ2) is 5.89. The molecule has 0 saturated heterocycles. The molecule has 0 aliphatic rings. The van der Waals surface area contributed by atoms with Gasteiger partial charge in [0.25, 0.3) is 0 Å². The highest BCUT2D eigenvalue weighted by molar-refractivity contribution is 9.09. The van der Waals surface area contributed by atoms with Gasteiger partial charge < -0.3 is 9.47 Å². The van der Waals surface area contributed by atoms with Gasteiger partial charge in [0.2, 0.25) is 0 Å². The molecule has 0 fully saturated rings. The van der Waals surface area contributed by atoms with E-state index in [1.54, 1.807) is 0 Å². The van der Waals surface area contributed by atoms with Gasteiger partial charge in [-0.2, -0.15) is 0 Å². The Bertz CT molecular complexity index is 335. The normalized spacial score (nSPS) is 10.9. The number of alkyl halides is 1. The summed E-state index contributed by atoms with van der Waals surface area (Å²) >= 11 is 3.05. The van der Waals surface area contributed by atoms with Gasteiger partial charge in [-0.15, -0.1) is 0 Å². The number of carbonyl (C=O) groups is 1. The topological polar surface area (TPSA) is 35.5 Å². The number of carbonyl (C=O) groups excluding carboxylic acids is 1. The Balaban J connectivity index is 2.44. The van der Waals surface area contributed by atoms with Crippen LogP contribution < -0.4 is 4.74 Å². The minimum Gasteiger partial charge on any atom is -0.489 e. The molecule has 0 N–H and O–H groups in total. The highest BCUT2D eigenvalue weighted by Crippen LogP contribution is 2.15. The fraction of sp³-hybridized carbons (Fsp3) is 0.417. The standard InChI is InChI=1S/C12H15BrO3/c1-12(2,16-11(14)8-13)9-15-10-6-4-3-5-7-10/h3-7H,8-9H2,1-2H3. The summed E-state index contributed by atoms with van der Waals surface area (Å²) in [5, 5.41) is 0.196. The van der Waals surface area contributed by atoms with Crippen molar-refractivity contribution in [3.63, 3.8) is 0 Å². The largest absolute Gasteiger partial charge is 0.489 e. The molecule has 4 heteroatoms. The van der Waals surface area contributed by atoms with Gasteiger partial charge in [-0.3, -0.25) is 4.79 Å². The molecule has 1 aromatic carbocycles. The summed E-state index contributed by atoms with van der Waals surface area (Å²) in [6.07, 6.45) is 0. The van der Waals surface area contributed by atoms with Crippen molar-refractivity contribution in [3.05, 3.63) is 30.3 Å². The summed E-state index contributed by atoms with van der Waals surface area (Å²) in [5.41, 5.74) is -0.624. The van der Waals surface area contributed by atoms with Crippen LogP contribution in [0.2, 0.25) is 0 Å². The zero-order valence-electron chi connectivity index (χ0n) is 9.40. The van der Waals surface area contributed by atoms with E-state index >= 15 is 0 Å². The molecule has 1 aromatic rings. The minimum absolute atomic E-state index is 0.196. The average Bonchev–Trinajstić information content (AvgIpc) is 2.27. The van der Waals surface area contributed by atoms with E-state index in [-0.39, 0.29) is 11.3 Å². The molecule has 0 aliphatic carbocycles. The molecule has 0 amide bonds. The van der Waals surface area contributed by atoms with Crippen molar-refractivity contribution in [2.75, 3.05) is 11.9 Å². The molecule has 0 heterocycles. The molecule has 3 nitrogen and oxygen atoms in total. The van der Waals surface area contributed by atoms with E-state index in [2.05, 4.69) is 15.9 Å². The highest BCUT2D eigenvalue weighted by Gasteiger charge is 2.23. The van der Waals surface area contributed by atoms with Crippen molar-refractivity contribution < 1.29 is 14.3 Å². The number of hydrogen-bond donors (Lipinski definition) is 0. The molecule has 16 heavy (non-hydrogen) atoms. The third-order valence-corrected chi connectivity index (χ3v) is 2.29. The van der Waals surface area contributed by atoms with E-state index in [9.17, 15) is 4.79 Å². The minimum atomic E-state index is -0.624. The average molecular weight is 287 g/mol. The van der Waals surface area contributed by atoms with E-state index in [1.807, 2.05) is 44.2 Å². The summed E-state index contributed by atoms with van der Waals surface area (Å²) in [6, 6.07) is 9.44. The van der Waals surface area contributed by atoms with E-state index in [0.29, 0.717) is 6.61 Å². The Hall–Kier alpha value is -1.03. The number of benzene rings is 1. The first-order valence-corrected chi connectivity index (χ1v) is 6.11. The summed E-state index contributed by atoms with van der Waals surface area (Å²) in [4.78, 5) is 11.1. The van der Waals surface area contributed by atoms with E-state index < -0.39 is 5.60 Å². The third kappa shape index (κ3) is 4.66. The quantitative estimate of drug-likeness (QED) is 0.617. The summed E-state index contributed by atoms with van der Waals surface area (Å²) in [6.45, 7) is 3.96. The summed E-state index contributed by atoms with van der Waals surface area (Å²) in [7, 11) is 0. The van der Waals surface area contributed by atoms with Crippen molar-refractivity contribution in [1.82, 2.24) is 0 Å². The third-order valence-electron chi connectivity index (χ3n) is 1.83. The zero-order chi connectivity index (χ0) is 12.0. The van der Waals surface area contributed by atoms with Crippen LogP contribution in [-0.2, 0) is 9.53 Å². The Morgan fingerprint density at radius 1 is 1.31 bits per heavy atom. The highest BCUT2D eigenvalue weighted by atomic mass is 79.9. The maximum absolute atomic E-state index is 11.1. The van der Waals surface area contributed by atoms with Crippen LogP contribution in [0, 0.1) is 0 Å². The molecular weight excluding hydrogens is 272 g/mol. The van der Waals surface area contributed by atoms with Crippen molar-refractivity contribution >= 4 is 21.9 Å². The van der Waals surface area contributed by atoms with Crippen molar-refractivity contribution in [3.8, 4) is 5.75 Å². The van der Waals surface area contributed by atoms with Crippen LogP contribution in [-0.4, -0.2) is 23.5 Å². The lowest BCUT2D eigenvalue weighted by molar-refractivity contribution is -0.155. The maximum Gasteiger partial charge on any atom is 0.317 e. The number of hydrogen-bond acceptors (Lipinski definition) is 3. The SMILES string of the molecule is CC(C)(COc1ccccc1)OC(=O)CBr. The molecule has 0 spiro atoms. The molecule has 1 rings (SSSR count). The second-order valence-corrected chi connectivity index (χ2v) is 4.53. The van der Waals surface area contributed by atoms with Crippen LogP contribution in [0.1, 0.15) is 13.8 Å². The lowest BCUT2D eigenvalue weighted by Crippen LogP contribution is -2.35. The van der Waals surface area contributed by atoms with Gasteiger partial charge >= 0.3 is 5.97 Å². The molecule has 0 aliphatic heterocycles. The second-order valence-electron chi connectivity index (χ2n) is 3.97. The number of esters is 1. The Morgan fingerprint density at radius 3 is 2.50 bits per heavy atom. The fourth-order valence-corrected chi connectivity index (χ4v) is 1.25. The predicted molar refractivity (Wildman–Crippen MR) is 65.9 cm³/mol. The molecule has 0 unspecified atom stereocenters. The van der Waals surface area contributed by atoms with Crippen LogP contribution in [0.3, 0.4) is 0 Å². The van der Waals surface area contributed by atoms with Gasteiger partial charge in [0.15, 0.2) is 0 Å². The smallest absolute Gasteiger partial charge is 0.317 e. The molecular formula is C12H15BrO3. The van der Waals surface area contributed by atoms with Gasteiger partial charge in [0, 0.05) is 0 Å². The van der Waals surface area contributed by atoms with E-state index in [4.69, 9.17) is 9.47 Å². The predicted octanol–water partition coefficient (Wildman–Crippen LogP) is 2.78. The zero-order valence-corrected chi connectivity index (χ0v) is 11.0. The molecule has 0 aromatic heterocycles. The number of rotatable bonds is 5. The molecule has 0 atom stereocenters. The van der Waals surface area contributed by atoms with Gasteiger partial charge in [-0.25, -0.2) is 0 Å². The first kappa shape index (κ1) is 13.0. The van der Waals surface area contributed by atoms with Gasteiger partial charge in [-0.05, 0) is 26.0 Å². The molecule has 0 radical (unpaired) electrons. The van der Waals surface area contributed by atoms with Crippen LogP contribution >= 0.6 is 15.9 Å². The Kier molecular flexibility index (Phi) is 4.80. The summed E-state index contributed by atoms with van der Waals surface area (Å²) in [5.74, 6) is 0.479. The van der Waals surface area contributed by atoms with Crippen molar-refractivity contribution in [2.45, 2.75) is 19.4 Å². The number of para-hydroxylation sites is 1. The monoisotopic (exact) mass is 286 g/mol. The van der Waals surface area contributed by atoms with Crippen LogP contribution in [0.5, 0.6) is 5.75 Å². The van der Waals surface area contributed by atoms with Gasteiger partial charge in [-0.1, -0.05) is 34.1 Å².